The maximum Gasteiger partial charge on any atom is 0.257 e. The van der Waals surface area contributed by atoms with Crippen molar-refractivity contribution in [3.05, 3.63) is 58.9 Å². The highest BCUT2D eigenvalue weighted by Crippen LogP contribution is 2.15. The summed E-state index contributed by atoms with van der Waals surface area (Å²) in [7, 11) is 1.73. The molecule has 98 valence electrons. The van der Waals surface area contributed by atoms with Crippen molar-refractivity contribution in [3.8, 4) is 0 Å². The van der Waals surface area contributed by atoms with Crippen molar-refractivity contribution in [2.75, 3.05) is 12.8 Å². The van der Waals surface area contributed by atoms with E-state index in [1.165, 1.54) is 6.20 Å². The van der Waals surface area contributed by atoms with Gasteiger partial charge in [0.25, 0.3) is 5.91 Å². The van der Waals surface area contributed by atoms with E-state index >= 15 is 0 Å². The lowest BCUT2D eigenvalue weighted by Crippen LogP contribution is -2.27. The predicted molar refractivity (Wildman–Crippen MR) is 75.9 cm³/mol. The van der Waals surface area contributed by atoms with Gasteiger partial charge < -0.3 is 10.6 Å². The van der Waals surface area contributed by atoms with Crippen LogP contribution in [0.25, 0.3) is 0 Å². The van der Waals surface area contributed by atoms with Crippen LogP contribution in [0.3, 0.4) is 0 Å². The maximum absolute atomic E-state index is 12.2. The number of amides is 1. The molecule has 0 saturated heterocycles. The Morgan fingerprint density at radius 1 is 1.32 bits per heavy atom. The van der Waals surface area contributed by atoms with E-state index in [-0.39, 0.29) is 5.91 Å². The Hall–Kier alpha value is -2.07. The molecule has 1 aromatic carbocycles. The lowest BCUT2D eigenvalue weighted by atomic mass is 10.2. The number of aromatic nitrogens is 1. The molecule has 0 spiro atoms. The Kier molecular flexibility index (Phi) is 4.02. The first-order valence-corrected chi connectivity index (χ1v) is 6.15. The summed E-state index contributed by atoms with van der Waals surface area (Å²) < 4.78 is 0. The molecule has 0 radical (unpaired) electrons. The number of pyridine rings is 1. The van der Waals surface area contributed by atoms with Gasteiger partial charge in [0.2, 0.25) is 0 Å². The van der Waals surface area contributed by atoms with Crippen LogP contribution in [-0.2, 0) is 6.54 Å². The van der Waals surface area contributed by atoms with E-state index in [0.29, 0.717) is 22.8 Å². The molecule has 4 nitrogen and oxygen atoms in total. The molecule has 1 aromatic heterocycles. The fourth-order valence-corrected chi connectivity index (χ4v) is 1.85. The quantitative estimate of drug-likeness (QED) is 0.937. The first-order chi connectivity index (χ1) is 9.08. The molecular weight excluding hydrogens is 262 g/mol. The van der Waals surface area contributed by atoms with Crippen LogP contribution in [-0.4, -0.2) is 22.8 Å². The molecule has 0 unspecified atom stereocenters. The van der Waals surface area contributed by atoms with Gasteiger partial charge in [0, 0.05) is 36.7 Å². The molecule has 0 aliphatic carbocycles. The van der Waals surface area contributed by atoms with Crippen LogP contribution in [0.2, 0.25) is 5.02 Å². The van der Waals surface area contributed by atoms with Crippen LogP contribution < -0.4 is 5.73 Å². The van der Waals surface area contributed by atoms with Crippen molar-refractivity contribution in [1.29, 1.82) is 0 Å². The summed E-state index contributed by atoms with van der Waals surface area (Å²) in [5.74, 6) is -0.152. The number of nitrogens with zero attached hydrogens (tertiary/aromatic N) is 2. The number of halogens is 1. The zero-order chi connectivity index (χ0) is 13.8. The topological polar surface area (TPSA) is 59.2 Å². The Morgan fingerprint density at radius 3 is 2.63 bits per heavy atom. The molecule has 0 saturated carbocycles. The highest BCUT2D eigenvalue weighted by atomic mass is 35.5. The van der Waals surface area contributed by atoms with Gasteiger partial charge in [-0.3, -0.25) is 9.78 Å². The molecular formula is C14H14ClN3O. The van der Waals surface area contributed by atoms with Crippen LogP contribution >= 0.6 is 11.6 Å². The minimum Gasteiger partial charge on any atom is -0.398 e. The number of hydrogen-bond acceptors (Lipinski definition) is 3. The highest BCUT2D eigenvalue weighted by molar-refractivity contribution is 6.30. The van der Waals surface area contributed by atoms with Gasteiger partial charge in [0.15, 0.2) is 0 Å². The Labute approximate surface area is 116 Å². The molecule has 0 fully saturated rings. The first kappa shape index (κ1) is 13.4. The van der Waals surface area contributed by atoms with Gasteiger partial charge in [-0.25, -0.2) is 0 Å². The summed E-state index contributed by atoms with van der Waals surface area (Å²) in [5.41, 5.74) is 7.62. The third-order valence-electron chi connectivity index (χ3n) is 2.76. The molecule has 0 aliphatic rings. The smallest absolute Gasteiger partial charge is 0.257 e. The molecule has 2 rings (SSSR count). The normalized spacial score (nSPS) is 10.2. The molecule has 2 aromatic rings. The second kappa shape index (κ2) is 5.71. The van der Waals surface area contributed by atoms with Gasteiger partial charge in [-0.15, -0.1) is 0 Å². The van der Waals surface area contributed by atoms with Gasteiger partial charge in [0.1, 0.15) is 0 Å². The lowest BCUT2D eigenvalue weighted by molar-refractivity contribution is 0.0785. The third-order valence-corrected chi connectivity index (χ3v) is 3.02. The molecule has 0 bridgehead atoms. The van der Waals surface area contributed by atoms with Gasteiger partial charge in [-0.2, -0.15) is 0 Å². The van der Waals surface area contributed by atoms with Crippen molar-refractivity contribution < 1.29 is 4.79 Å². The van der Waals surface area contributed by atoms with Crippen molar-refractivity contribution in [1.82, 2.24) is 9.88 Å². The van der Waals surface area contributed by atoms with E-state index < -0.39 is 0 Å². The predicted octanol–water partition coefficient (Wildman–Crippen LogP) is 2.59. The lowest BCUT2D eigenvalue weighted by Gasteiger charge is -2.18. The number of anilines is 1. The average Bonchev–Trinajstić information content (AvgIpc) is 2.41. The summed E-state index contributed by atoms with van der Waals surface area (Å²) in [6, 6.07) is 8.99. The number of rotatable bonds is 3. The average molecular weight is 276 g/mol. The second-order valence-electron chi connectivity index (χ2n) is 4.25. The first-order valence-electron chi connectivity index (χ1n) is 5.77. The zero-order valence-corrected chi connectivity index (χ0v) is 11.3. The number of carbonyl (C=O) groups is 1. The zero-order valence-electron chi connectivity index (χ0n) is 10.5. The fourth-order valence-electron chi connectivity index (χ4n) is 1.73. The van der Waals surface area contributed by atoms with E-state index in [0.717, 1.165) is 5.56 Å². The molecule has 1 heterocycles. The Balaban J connectivity index is 2.12. The molecule has 5 heteroatoms. The number of benzene rings is 1. The minimum absolute atomic E-state index is 0.152. The molecule has 1 amide bonds. The third kappa shape index (κ3) is 3.23. The van der Waals surface area contributed by atoms with Crippen molar-refractivity contribution >= 4 is 23.2 Å². The van der Waals surface area contributed by atoms with E-state index in [1.54, 1.807) is 36.3 Å². The monoisotopic (exact) mass is 275 g/mol. The second-order valence-corrected chi connectivity index (χ2v) is 4.69. The van der Waals surface area contributed by atoms with Crippen LogP contribution in [0.4, 0.5) is 5.69 Å². The molecule has 0 aliphatic heterocycles. The van der Waals surface area contributed by atoms with Crippen LogP contribution in [0.15, 0.2) is 42.7 Å². The number of hydrogen-bond donors (Lipinski definition) is 1. The molecule has 0 atom stereocenters. The van der Waals surface area contributed by atoms with Gasteiger partial charge in [0.05, 0.1) is 5.56 Å². The fraction of sp³-hybridized carbons (Fsp3) is 0.143. The standard InChI is InChI=1S/C14H14ClN3O/c1-18(9-10-2-4-11(15)5-3-10)14(19)12-8-17-7-6-13(12)16/h2-8H,9H2,1H3,(H2,16,17). The summed E-state index contributed by atoms with van der Waals surface area (Å²) >= 11 is 5.82. The largest absolute Gasteiger partial charge is 0.398 e. The van der Waals surface area contributed by atoms with E-state index in [2.05, 4.69) is 4.98 Å². The van der Waals surface area contributed by atoms with Crippen LogP contribution in [0.1, 0.15) is 15.9 Å². The number of nitrogens with two attached hydrogens (primary N) is 1. The van der Waals surface area contributed by atoms with E-state index in [4.69, 9.17) is 17.3 Å². The minimum atomic E-state index is -0.152. The van der Waals surface area contributed by atoms with Crippen molar-refractivity contribution in [2.45, 2.75) is 6.54 Å². The number of nitrogen functional groups attached to an aromatic ring is 1. The SMILES string of the molecule is CN(Cc1ccc(Cl)cc1)C(=O)c1cnccc1N. The van der Waals surface area contributed by atoms with Gasteiger partial charge >= 0.3 is 0 Å². The van der Waals surface area contributed by atoms with Crippen LogP contribution in [0, 0.1) is 0 Å². The molecule has 2 N–H and O–H groups in total. The summed E-state index contributed by atoms with van der Waals surface area (Å²) in [6.45, 7) is 0.490. The summed E-state index contributed by atoms with van der Waals surface area (Å²) in [5, 5.41) is 0.675. The van der Waals surface area contributed by atoms with Crippen molar-refractivity contribution in [2.24, 2.45) is 0 Å². The maximum atomic E-state index is 12.2. The molecule has 19 heavy (non-hydrogen) atoms. The summed E-state index contributed by atoms with van der Waals surface area (Å²) in [6.07, 6.45) is 3.04. The van der Waals surface area contributed by atoms with Gasteiger partial charge in [-0.1, -0.05) is 23.7 Å². The van der Waals surface area contributed by atoms with Gasteiger partial charge in [-0.05, 0) is 23.8 Å². The van der Waals surface area contributed by atoms with Crippen molar-refractivity contribution in [3.63, 3.8) is 0 Å². The number of carbonyl (C=O) groups excluding carboxylic acids is 1. The Bertz CT molecular complexity index is 583. The van der Waals surface area contributed by atoms with Crippen LogP contribution in [0.5, 0.6) is 0 Å². The highest BCUT2D eigenvalue weighted by Gasteiger charge is 2.14. The summed E-state index contributed by atoms with van der Waals surface area (Å²) in [4.78, 5) is 17.7. The van der Waals surface area contributed by atoms with E-state index in [1.807, 2.05) is 12.1 Å². The Morgan fingerprint density at radius 2 is 2.00 bits per heavy atom. The van der Waals surface area contributed by atoms with E-state index in [9.17, 15) is 4.79 Å².